The number of carbonyl (C=O) groups is 4. The first-order valence-corrected chi connectivity index (χ1v) is 11.0. The average molecular weight is 469 g/mol. The maximum Gasteiger partial charge on any atom is 0.411 e. The molecule has 4 aliphatic rings. The topological polar surface area (TPSA) is 131 Å². The van der Waals surface area contributed by atoms with Crippen molar-refractivity contribution in [2.24, 2.45) is 23.2 Å². The number of likely N-dealkylation sites (tertiary alicyclic amines) is 1. The number of nitrogens with zero attached hydrogens (tertiary/aromatic N) is 2. The van der Waals surface area contributed by atoms with E-state index in [1.807, 2.05) is 25.2 Å². The molecule has 2 aliphatic carbocycles. The number of rotatable bonds is 5. The summed E-state index contributed by atoms with van der Waals surface area (Å²) in [5.41, 5.74) is -2.67. The minimum atomic E-state index is -4.67. The Balaban J connectivity index is 1.46. The second kappa shape index (κ2) is 7.60. The van der Waals surface area contributed by atoms with E-state index >= 15 is 0 Å². The van der Waals surface area contributed by atoms with Gasteiger partial charge in [0.2, 0.25) is 11.8 Å². The molecule has 33 heavy (non-hydrogen) atoms. The first-order valence-electron chi connectivity index (χ1n) is 11.0. The molecule has 2 heterocycles. The van der Waals surface area contributed by atoms with Gasteiger partial charge in [-0.25, -0.2) is 0 Å². The zero-order valence-corrected chi connectivity index (χ0v) is 18.3. The quantitative estimate of drug-likeness (QED) is 0.496. The summed E-state index contributed by atoms with van der Waals surface area (Å²) in [4.78, 5) is 51.1. The molecule has 2 saturated heterocycles. The van der Waals surface area contributed by atoms with Gasteiger partial charge in [-0.1, -0.05) is 13.8 Å². The van der Waals surface area contributed by atoms with Crippen molar-refractivity contribution in [3.63, 3.8) is 0 Å². The molecule has 0 aromatic rings. The van der Waals surface area contributed by atoms with E-state index in [1.165, 1.54) is 0 Å². The number of nitrogens with one attached hydrogen (secondary N) is 3. The summed E-state index contributed by atoms with van der Waals surface area (Å²) in [5.74, 6) is -4.18. The van der Waals surface area contributed by atoms with Gasteiger partial charge >= 0.3 is 18.0 Å². The van der Waals surface area contributed by atoms with Crippen LogP contribution in [0.1, 0.15) is 39.5 Å². The second-order valence-electron chi connectivity index (χ2n) is 10.1. The van der Waals surface area contributed by atoms with Gasteiger partial charge in [-0.3, -0.25) is 19.2 Å². The molecule has 0 aromatic carbocycles. The Morgan fingerprint density at radius 1 is 1.30 bits per heavy atom. The second-order valence-corrected chi connectivity index (χ2v) is 10.1. The molecular formula is C21H26F3N5O4. The zero-order chi connectivity index (χ0) is 24.3. The van der Waals surface area contributed by atoms with Crippen molar-refractivity contribution in [1.29, 1.82) is 5.26 Å². The number of nitriles is 1. The highest BCUT2D eigenvalue weighted by atomic mass is 19.4. The van der Waals surface area contributed by atoms with Crippen LogP contribution in [0, 0.1) is 34.5 Å². The van der Waals surface area contributed by atoms with E-state index < -0.39 is 47.4 Å². The highest BCUT2D eigenvalue weighted by molar-refractivity contribution is 6.35. The van der Waals surface area contributed by atoms with Gasteiger partial charge in [0, 0.05) is 19.0 Å². The molecule has 12 heteroatoms. The SMILES string of the molecule is CC1(C)[C@@H]2[C@@H](C(=O)N[C@H](C#N)C[C@@H]3CCNC3=O)N(C(=O)C(=O)NC3(C(F)(F)F)CC3)C[C@@H]21. The molecule has 0 spiro atoms. The number of hydrogen-bond donors (Lipinski definition) is 3. The minimum Gasteiger partial charge on any atom is -0.356 e. The normalized spacial score (nSPS) is 31.6. The maximum atomic E-state index is 13.2. The summed E-state index contributed by atoms with van der Waals surface area (Å²) in [5, 5.41) is 16.5. The number of carbonyl (C=O) groups excluding carboxylic acids is 4. The lowest BCUT2D eigenvalue weighted by molar-refractivity contribution is -0.173. The van der Waals surface area contributed by atoms with Crippen molar-refractivity contribution in [3.8, 4) is 6.07 Å². The van der Waals surface area contributed by atoms with Gasteiger partial charge in [0.1, 0.15) is 17.6 Å². The molecule has 180 valence electrons. The van der Waals surface area contributed by atoms with E-state index in [0.717, 1.165) is 4.90 Å². The fraction of sp³-hybridized carbons (Fsp3) is 0.762. The van der Waals surface area contributed by atoms with Gasteiger partial charge in [-0.15, -0.1) is 0 Å². The van der Waals surface area contributed by atoms with Crippen molar-refractivity contribution >= 4 is 23.6 Å². The predicted molar refractivity (Wildman–Crippen MR) is 106 cm³/mol. The molecule has 0 aromatic heterocycles. The molecule has 3 N–H and O–H groups in total. The van der Waals surface area contributed by atoms with Crippen LogP contribution < -0.4 is 16.0 Å². The van der Waals surface area contributed by atoms with Crippen LogP contribution in [0.15, 0.2) is 0 Å². The van der Waals surface area contributed by atoms with Crippen LogP contribution in [0.2, 0.25) is 0 Å². The minimum absolute atomic E-state index is 0.0727. The Kier molecular flexibility index (Phi) is 5.37. The Hall–Kier alpha value is -2.84. The van der Waals surface area contributed by atoms with Crippen molar-refractivity contribution in [2.75, 3.05) is 13.1 Å². The number of hydrogen-bond acceptors (Lipinski definition) is 5. The first kappa shape index (κ1) is 23.3. The zero-order valence-electron chi connectivity index (χ0n) is 18.3. The molecular weight excluding hydrogens is 443 g/mol. The molecule has 0 unspecified atom stereocenters. The fourth-order valence-corrected chi connectivity index (χ4v) is 5.36. The lowest BCUT2D eigenvalue weighted by atomic mass is 9.97. The Bertz CT molecular complexity index is 939. The van der Waals surface area contributed by atoms with Gasteiger partial charge in [0.25, 0.3) is 0 Å². The molecule has 4 fully saturated rings. The molecule has 5 atom stereocenters. The van der Waals surface area contributed by atoms with Gasteiger partial charge in [-0.05, 0) is 42.9 Å². The molecule has 0 bridgehead atoms. The lowest BCUT2D eigenvalue weighted by Crippen LogP contribution is -2.57. The molecule has 2 saturated carbocycles. The van der Waals surface area contributed by atoms with E-state index in [0.29, 0.717) is 13.0 Å². The van der Waals surface area contributed by atoms with Crippen molar-refractivity contribution in [1.82, 2.24) is 20.9 Å². The Labute approximate surface area is 188 Å². The van der Waals surface area contributed by atoms with E-state index in [2.05, 4.69) is 10.6 Å². The third-order valence-electron chi connectivity index (χ3n) is 7.73. The van der Waals surface area contributed by atoms with Gasteiger partial charge in [0.05, 0.1) is 6.07 Å². The monoisotopic (exact) mass is 469 g/mol. The smallest absolute Gasteiger partial charge is 0.356 e. The number of alkyl halides is 3. The van der Waals surface area contributed by atoms with Crippen LogP contribution in [0.5, 0.6) is 0 Å². The highest BCUT2D eigenvalue weighted by Crippen LogP contribution is 2.64. The van der Waals surface area contributed by atoms with Gasteiger partial charge < -0.3 is 20.9 Å². The number of halogens is 3. The van der Waals surface area contributed by atoms with Crippen LogP contribution >= 0.6 is 0 Å². The van der Waals surface area contributed by atoms with E-state index in [9.17, 15) is 37.6 Å². The lowest BCUT2D eigenvalue weighted by Gasteiger charge is -2.31. The summed E-state index contributed by atoms with van der Waals surface area (Å²) in [7, 11) is 0. The molecule has 2 aliphatic heterocycles. The van der Waals surface area contributed by atoms with E-state index in [-0.39, 0.29) is 49.0 Å². The summed E-state index contributed by atoms with van der Waals surface area (Å²) >= 11 is 0. The van der Waals surface area contributed by atoms with Gasteiger partial charge in [-0.2, -0.15) is 18.4 Å². The van der Waals surface area contributed by atoms with Crippen LogP contribution in [-0.4, -0.2) is 65.4 Å². The molecule has 9 nitrogen and oxygen atoms in total. The Morgan fingerprint density at radius 2 is 1.97 bits per heavy atom. The van der Waals surface area contributed by atoms with Crippen LogP contribution in [0.3, 0.4) is 0 Å². The number of piperidine rings is 1. The van der Waals surface area contributed by atoms with Crippen LogP contribution in [0.25, 0.3) is 0 Å². The Morgan fingerprint density at radius 3 is 2.48 bits per heavy atom. The molecule has 4 rings (SSSR count). The largest absolute Gasteiger partial charge is 0.411 e. The van der Waals surface area contributed by atoms with Crippen LogP contribution in [-0.2, 0) is 19.2 Å². The third-order valence-corrected chi connectivity index (χ3v) is 7.73. The standard InChI is InChI=1S/C21H26F3N5O4/c1-19(2)12-9-29(18(33)17(32)28-20(4-5-20)21(22,23)24)14(13(12)19)16(31)27-11(8-25)7-10-3-6-26-15(10)30/h10-14H,3-7,9H2,1-2H3,(H,26,30)(H,27,31)(H,28,32)/t10-,11-,12-,13-,14-/m0/s1. The summed E-state index contributed by atoms with van der Waals surface area (Å²) in [6.07, 6.45) is -4.60. The summed E-state index contributed by atoms with van der Waals surface area (Å²) < 4.78 is 39.6. The van der Waals surface area contributed by atoms with Gasteiger partial charge in [0.15, 0.2) is 0 Å². The van der Waals surface area contributed by atoms with E-state index in [4.69, 9.17) is 0 Å². The number of fused-ring (bicyclic) bond motifs is 1. The molecule has 0 radical (unpaired) electrons. The first-order chi connectivity index (χ1) is 15.3. The van der Waals surface area contributed by atoms with Crippen molar-refractivity contribution < 1.29 is 32.3 Å². The van der Waals surface area contributed by atoms with Crippen molar-refractivity contribution in [2.45, 2.75) is 63.3 Å². The average Bonchev–Trinajstić information content (AvgIpc) is 3.46. The fourth-order valence-electron chi connectivity index (χ4n) is 5.36. The summed E-state index contributed by atoms with van der Waals surface area (Å²) in [6.45, 7) is 4.40. The van der Waals surface area contributed by atoms with Crippen LogP contribution in [0.4, 0.5) is 13.2 Å². The molecule has 4 amide bonds. The third kappa shape index (κ3) is 3.91. The van der Waals surface area contributed by atoms with E-state index in [1.54, 1.807) is 0 Å². The summed E-state index contributed by atoms with van der Waals surface area (Å²) in [6, 6.07) is -0.0896. The maximum absolute atomic E-state index is 13.2. The van der Waals surface area contributed by atoms with Crippen molar-refractivity contribution in [3.05, 3.63) is 0 Å². The highest BCUT2D eigenvalue weighted by Gasteiger charge is 2.70. The predicted octanol–water partition coefficient (Wildman–Crippen LogP) is 0.215. The number of amides is 4.